The second-order valence-corrected chi connectivity index (χ2v) is 7.05. The minimum atomic E-state index is 0.0506. The lowest BCUT2D eigenvalue weighted by molar-refractivity contribution is -0.116. The fourth-order valence-corrected chi connectivity index (χ4v) is 4.05. The lowest BCUT2D eigenvalue weighted by atomic mass is 10.0. The average molecular weight is 326 g/mol. The second kappa shape index (κ2) is 7.66. The minimum absolute atomic E-state index is 0.0506. The molecule has 4 heteroatoms. The summed E-state index contributed by atoms with van der Waals surface area (Å²) >= 11 is 1.92. The van der Waals surface area contributed by atoms with E-state index in [4.69, 9.17) is 0 Å². The Bertz CT molecular complexity index is 659. The zero-order chi connectivity index (χ0) is 16.1. The van der Waals surface area contributed by atoms with Gasteiger partial charge in [-0.1, -0.05) is 36.4 Å². The third-order valence-electron chi connectivity index (χ3n) is 3.99. The first kappa shape index (κ1) is 16.1. The molecule has 0 saturated heterocycles. The molecule has 0 aromatic heterocycles. The van der Waals surface area contributed by atoms with Crippen LogP contribution in [0.1, 0.15) is 31.4 Å². The number of hydrogen-bond donors (Lipinski definition) is 2. The maximum absolute atomic E-state index is 12.2. The van der Waals surface area contributed by atoms with Crippen molar-refractivity contribution in [2.75, 3.05) is 11.1 Å². The summed E-state index contributed by atoms with van der Waals surface area (Å²) in [5.41, 5.74) is 2.21. The molecule has 1 aliphatic heterocycles. The molecule has 1 heterocycles. The second-order valence-electron chi connectivity index (χ2n) is 5.91. The third kappa shape index (κ3) is 4.36. The number of fused-ring (bicyclic) bond motifs is 1. The summed E-state index contributed by atoms with van der Waals surface area (Å²) < 4.78 is 0. The van der Waals surface area contributed by atoms with Gasteiger partial charge in [0.25, 0.3) is 0 Å². The van der Waals surface area contributed by atoms with E-state index in [1.165, 1.54) is 10.5 Å². The Kier molecular flexibility index (Phi) is 5.36. The molecule has 0 fully saturated rings. The Hall–Kier alpha value is -1.78. The molecule has 3 nitrogen and oxygen atoms in total. The van der Waals surface area contributed by atoms with Gasteiger partial charge in [0, 0.05) is 29.1 Å². The smallest absolute Gasteiger partial charge is 0.225 e. The number of rotatable bonds is 5. The summed E-state index contributed by atoms with van der Waals surface area (Å²) in [4.78, 5) is 13.5. The molecule has 120 valence electrons. The quantitative estimate of drug-likeness (QED) is 0.864. The normalized spacial score (nSPS) is 18.0. The molecular weight excluding hydrogens is 304 g/mol. The third-order valence-corrected chi connectivity index (χ3v) is 5.12. The molecule has 2 atom stereocenters. The van der Waals surface area contributed by atoms with Crippen LogP contribution in [0.4, 0.5) is 5.69 Å². The van der Waals surface area contributed by atoms with Crippen LogP contribution in [0.5, 0.6) is 0 Å². The Morgan fingerprint density at radius 1 is 1.17 bits per heavy atom. The number of benzene rings is 2. The molecule has 2 aromatic carbocycles. The molecule has 0 saturated carbocycles. The number of carbonyl (C=O) groups is 1. The van der Waals surface area contributed by atoms with Gasteiger partial charge >= 0.3 is 0 Å². The number of para-hydroxylation sites is 1. The van der Waals surface area contributed by atoms with Crippen molar-refractivity contribution in [1.29, 1.82) is 0 Å². The van der Waals surface area contributed by atoms with E-state index in [1.54, 1.807) is 0 Å². The molecular formula is C19H22N2OS. The van der Waals surface area contributed by atoms with E-state index in [9.17, 15) is 4.79 Å². The van der Waals surface area contributed by atoms with Crippen molar-refractivity contribution in [3.63, 3.8) is 0 Å². The largest absolute Gasteiger partial charge is 0.326 e. The highest BCUT2D eigenvalue weighted by Gasteiger charge is 2.22. The highest BCUT2D eigenvalue weighted by atomic mass is 32.2. The number of carbonyl (C=O) groups excluding carboxylic acids is 1. The summed E-state index contributed by atoms with van der Waals surface area (Å²) in [7, 11) is 0. The number of thioether (sulfide) groups is 1. The molecule has 0 spiro atoms. The van der Waals surface area contributed by atoms with E-state index in [1.807, 2.05) is 42.1 Å². The predicted octanol–water partition coefficient (Wildman–Crippen LogP) is 4.23. The van der Waals surface area contributed by atoms with Gasteiger partial charge in [-0.25, -0.2) is 0 Å². The van der Waals surface area contributed by atoms with Crippen LogP contribution in [-0.2, 0) is 4.79 Å². The van der Waals surface area contributed by atoms with Crippen molar-refractivity contribution in [2.45, 2.75) is 36.7 Å². The van der Waals surface area contributed by atoms with E-state index in [0.717, 1.165) is 17.9 Å². The van der Waals surface area contributed by atoms with Crippen molar-refractivity contribution in [1.82, 2.24) is 5.32 Å². The zero-order valence-electron chi connectivity index (χ0n) is 13.3. The van der Waals surface area contributed by atoms with Gasteiger partial charge in [0.1, 0.15) is 0 Å². The molecule has 0 bridgehead atoms. The maximum Gasteiger partial charge on any atom is 0.225 e. The molecule has 2 N–H and O–H groups in total. The SMILES string of the molecule is C[C@H](CC(=O)Nc1ccccc1)N[C@H]1CCSc2ccccc21. The number of anilines is 1. The van der Waals surface area contributed by atoms with Crippen molar-refractivity contribution >= 4 is 23.4 Å². The van der Waals surface area contributed by atoms with Gasteiger partial charge in [0.05, 0.1) is 0 Å². The van der Waals surface area contributed by atoms with Gasteiger partial charge in [0.2, 0.25) is 5.91 Å². The first-order valence-electron chi connectivity index (χ1n) is 8.05. The summed E-state index contributed by atoms with van der Waals surface area (Å²) in [6.07, 6.45) is 1.58. The standard InChI is InChI=1S/C19H22N2OS/c1-14(13-19(22)21-15-7-3-2-4-8-15)20-17-11-12-23-18-10-6-5-9-16(17)18/h2-10,14,17,20H,11-13H2,1H3,(H,21,22)/t14-,17+/m1/s1. The van der Waals surface area contributed by atoms with E-state index in [-0.39, 0.29) is 11.9 Å². The van der Waals surface area contributed by atoms with Crippen molar-refractivity contribution in [2.24, 2.45) is 0 Å². The summed E-state index contributed by atoms with van der Waals surface area (Å²) in [5.74, 6) is 1.17. The van der Waals surface area contributed by atoms with Gasteiger partial charge in [-0.15, -0.1) is 11.8 Å². The van der Waals surface area contributed by atoms with E-state index >= 15 is 0 Å². The van der Waals surface area contributed by atoms with Crippen LogP contribution in [0.3, 0.4) is 0 Å². The molecule has 23 heavy (non-hydrogen) atoms. The topological polar surface area (TPSA) is 41.1 Å². The van der Waals surface area contributed by atoms with Gasteiger partial charge in [0.15, 0.2) is 0 Å². The number of hydrogen-bond acceptors (Lipinski definition) is 3. The van der Waals surface area contributed by atoms with Gasteiger partial charge in [-0.3, -0.25) is 4.79 Å². The predicted molar refractivity (Wildman–Crippen MR) is 96.8 cm³/mol. The highest BCUT2D eigenvalue weighted by Crippen LogP contribution is 2.36. The Labute approximate surface area is 141 Å². The van der Waals surface area contributed by atoms with Crippen LogP contribution in [-0.4, -0.2) is 17.7 Å². The lowest BCUT2D eigenvalue weighted by Gasteiger charge is -2.28. The van der Waals surface area contributed by atoms with Crippen LogP contribution in [0.25, 0.3) is 0 Å². The highest BCUT2D eigenvalue weighted by molar-refractivity contribution is 7.99. The van der Waals surface area contributed by atoms with E-state index in [2.05, 4.69) is 41.8 Å². The number of nitrogens with one attached hydrogen (secondary N) is 2. The van der Waals surface area contributed by atoms with Gasteiger partial charge in [-0.05, 0) is 42.9 Å². The van der Waals surface area contributed by atoms with Crippen LogP contribution < -0.4 is 10.6 Å². The molecule has 0 unspecified atom stereocenters. The summed E-state index contributed by atoms with van der Waals surface area (Å²) in [6.45, 7) is 2.08. The van der Waals surface area contributed by atoms with Gasteiger partial charge in [-0.2, -0.15) is 0 Å². The molecule has 0 aliphatic carbocycles. The molecule has 3 rings (SSSR count). The Morgan fingerprint density at radius 2 is 1.91 bits per heavy atom. The van der Waals surface area contributed by atoms with Crippen molar-refractivity contribution in [3.8, 4) is 0 Å². The summed E-state index contributed by atoms with van der Waals surface area (Å²) in [5, 5.41) is 6.56. The molecule has 2 aromatic rings. The van der Waals surface area contributed by atoms with Gasteiger partial charge < -0.3 is 10.6 Å². The maximum atomic E-state index is 12.2. The lowest BCUT2D eigenvalue weighted by Crippen LogP contribution is -2.35. The Morgan fingerprint density at radius 3 is 2.74 bits per heavy atom. The first-order chi connectivity index (χ1) is 11.2. The van der Waals surface area contributed by atoms with Crippen LogP contribution in [0.15, 0.2) is 59.5 Å². The van der Waals surface area contributed by atoms with E-state index in [0.29, 0.717) is 12.5 Å². The molecule has 1 aliphatic rings. The average Bonchev–Trinajstić information content (AvgIpc) is 2.56. The van der Waals surface area contributed by atoms with Crippen molar-refractivity contribution in [3.05, 3.63) is 60.2 Å². The Balaban J connectivity index is 1.56. The fourth-order valence-electron chi connectivity index (χ4n) is 2.93. The number of amides is 1. The first-order valence-corrected chi connectivity index (χ1v) is 9.03. The van der Waals surface area contributed by atoms with Crippen LogP contribution in [0, 0.1) is 0 Å². The van der Waals surface area contributed by atoms with Crippen LogP contribution in [0.2, 0.25) is 0 Å². The zero-order valence-corrected chi connectivity index (χ0v) is 14.1. The minimum Gasteiger partial charge on any atom is -0.326 e. The van der Waals surface area contributed by atoms with E-state index < -0.39 is 0 Å². The van der Waals surface area contributed by atoms with Crippen LogP contribution >= 0.6 is 11.8 Å². The summed E-state index contributed by atoms with van der Waals surface area (Å²) in [6, 6.07) is 18.6. The molecule has 1 amide bonds. The molecule has 0 radical (unpaired) electrons. The monoisotopic (exact) mass is 326 g/mol. The fraction of sp³-hybridized carbons (Fsp3) is 0.316. The van der Waals surface area contributed by atoms with Crippen molar-refractivity contribution < 1.29 is 4.79 Å².